The van der Waals surface area contributed by atoms with Gasteiger partial charge in [0.15, 0.2) is 0 Å². The number of methoxy groups -OCH3 is 2. The molecule has 1 aromatic heterocycles. The lowest BCUT2D eigenvalue weighted by Crippen LogP contribution is -2.19. The third-order valence-corrected chi connectivity index (χ3v) is 4.30. The molecule has 128 valence electrons. The fraction of sp³-hybridized carbons (Fsp3) is 0.200. The number of aromatic amines is 1. The second-order valence-electron chi connectivity index (χ2n) is 5.71. The van der Waals surface area contributed by atoms with E-state index in [0.29, 0.717) is 0 Å². The lowest BCUT2D eigenvalue weighted by molar-refractivity contribution is -0.151. The van der Waals surface area contributed by atoms with Crippen LogP contribution in [0, 0.1) is 0 Å². The molecule has 0 amide bonds. The van der Waals surface area contributed by atoms with Crippen molar-refractivity contribution in [2.24, 2.45) is 0 Å². The van der Waals surface area contributed by atoms with E-state index in [0.717, 1.165) is 27.8 Å². The van der Waals surface area contributed by atoms with Crippen LogP contribution in [0.3, 0.4) is 0 Å². The normalized spacial score (nSPS) is 11.9. The van der Waals surface area contributed by atoms with Gasteiger partial charge in [-0.1, -0.05) is 36.4 Å². The highest BCUT2D eigenvalue weighted by atomic mass is 16.5. The number of hydrogen-bond donors (Lipinski definition) is 1. The van der Waals surface area contributed by atoms with E-state index >= 15 is 0 Å². The molecule has 0 spiro atoms. The molecule has 0 aliphatic heterocycles. The first-order chi connectivity index (χ1) is 12.2. The Morgan fingerprint density at radius 1 is 1.04 bits per heavy atom. The van der Waals surface area contributed by atoms with E-state index in [1.807, 2.05) is 54.7 Å². The number of Topliss-reactive ketones (excluding diaryl/α,β-unsaturated/α-hetero) is 1. The molecule has 1 heterocycles. The summed E-state index contributed by atoms with van der Waals surface area (Å²) in [5.41, 5.74) is 2.78. The van der Waals surface area contributed by atoms with Crippen LogP contribution in [0.15, 0.2) is 54.7 Å². The van der Waals surface area contributed by atoms with E-state index in [-0.39, 0.29) is 12.3 Å². The number of benzene rings is 2. The number of nitrogens with one attached hydrogen (secondary N) is 1. The second-order valence-corrected chi connectivity index (χ2v) is 5.71. The summed E-state index contributed by atoms with van der Waals surface area (Å²) in [6.07, 6.45) is 1.90. The van der Waals surface area contributed by atoms with Gasteiger partial charge in [-0.25, -0.2) is 4.79 Å². The lowest BCUT2D eigenvalue weighted by atomic mass is 9.86. The lowest BCUT2D eigenvalue weighted by Gasteiger charge is -2.17. The van der Waals surface area contributed by atoms with Gasteiger partial charge in [-0.05, 0) is 23.3 Å². The summed E-state index contributed by atoms with van der Waals surface area (Å²) in [6.45, 7) is 0. The molecule has 0 aliphatic rings. The number of esters is 1. The average Bonchev–Trinajstić information content (AvgIpc) is 3.09. The molecule has 0 saturated carbocycles. The average molecular weight is 337 g/mol. The van der Waals surface area contributed by atoms with Crippen LogP contribution in [-0.2, 0) is 14.3 Å². The van der Waals surface area contributed by atoms with Gasteiger partial charge in [0, 0.05) is 29.4 Å². The number of H-pyrrole nitrogens is 1. The Kier molecular flexibility index (Phi) is 4.84. The monoisotopic (exact) mass is 337 g/mol. The van der Waals surface area contributed by atoms with E-state index < -0.39 is 11.8 Å². The molecular weight excluding hydrogens is 318 g/mol. The molecule has 3 aromatic rings. The van der Waals surface area contributed by atoms with Gasteiger partial charge in [0.1, 0.15) is 5.75 Å². The van der Waals surface area contributed by atoms with Crippen molar-refractivity contribution >= 4 is 22.7 Å². The third-order valence-electron chi connectivity index (χ3n) is 4.30. The Bertz CT molecular complexity index is 898. The Labute approximate surface area is 145 Å². The zero-order valence-electron chi connectivity index (χ0n) is 14.1. The Morgan fingerprint density at radius 3 is 2.48 bits per heavy atom. The van der Waals surface area contributed by atoms with Crippen LogP contribution in [0.5, 0.6) is 5.75 Å². The van der Waals surface area contributed by atoms with E-state index in [2.05, 4.69) is 9.72 Å². The summed E-state index contributed by atoms with van der Waals surface area (Å²) in [5.74, 6) is -0.939. The minimum absolute atomic E-state index is 0.0295. The van der Waals surface area contributed by atoms with Gasteiger partial charge in [-0.2, -0.15) is 0 Å². The van der Waals surface area contributed by atoms with E-state index in [1.54, 1.807) is 7.11 Å². The SMILES string of the molecule is COC(=O)C(=O)CC(c1ccccc1)c1c[nH]c2cccc(OC)c12. The number of ether oxygens (including phenoxy) is 2. The second kappa shape index (κ2) is 7.21. The maximum atomic E-state index is 12.2. The van der Waals surface area contributed by atoms with Crippen molar-refractivity contribution in [3.05, 3.63) is 65.9 Å². The molecule has 1 N–H and O–H groups in total. The molecule has 0 aliphatic carbocycles. The Morgan fingerprint density at radius 2 is 1.80 bits per heavy atom. The van der Waals surface area contributed by atoms with Crippen LogP contribution >= 0.6 is 0 Å². The van der Waals surface area contributed by atoms with Gasteiger partial charge < -0.3 is 14.5 Å². The van der Waals surface area contributed by atoms with E-state index in [1.165, 1.54) is 7.11 Å². The fourth-order valence-corrected chi connectivity index (χ4v) is 3.10. The molecule has 2 aromatic carbocycles. The summed E-state index contributed by atoms with van der Waals surface area (Å²) in [5, 5.41) is 0.913. The number of hydrogen-bond acceptors (Lipinski definition) is 4. The van der Waals surface area contributed by atoms with Gasteiger partial charge in [0.25, 0.3) is 0 Å². The van der Waals surface area contributed by atoms with Crippen molar-refractivity contribution in [3.8, 4) is 5.75 Å². The van der Waals surface area contributed by atoms with Crippen molar-refractivity contribution < 1.29 is 19.1 Å². The zero-order chi connectivity index (χ0) is 17.8. The fourth-order valence-electron chi connectivity index (χ4n) is 3.10. The molecule has 0 radical (unpaired) electrons. The molecule has 0 fully saturated rings. The molecule has 1 unspecified atom stereocenters. The quantitative estimate of drug-likeness (QED) is 0.553. The summed E-state index contributed by atoms with van der Waals surface area (Å²) in [6, 6.07) is 15.4. The molecule has 0 saturated heterocycles. The van der Waals surface area contributed by atoms with Crippen molar-refractivity contribution in [1.82, 2.24) is 4.98 Å². The predicted octanol–water partition coefficient (Wildman–Crippen LogP) is 3.44. The highest BCUT2D eigenvalue weighted by molar-refractivity contribution is 6.33. The highest BCUT2D eigenvalue weighted by Crippen LogP contribution is 2.37. The largest absolute Gasteiger partial charge is 0.496 e. The van der Waals surface area contributed by atoms with Crippen LogP contribution in [0.1, 0.15) is 23.5 Å². The number of rotatable bonds is 6. The first-order valence-corrected chi connectivity index (χ1v) is 7.95. The first kappa shape index (κ1) is 16.8. The van der Waals surface area contributed by atoms with Gasteiger partial charge in [-0.15, -0.1) is 0 Å². The third kappa shape index (κ3) is 3.26. The van der Waals surface area contributed by atoms with E-state index in [4.69, 9.17) is 4.74 Å². The van der Waals surface area contributed by atoms with Crippen LogP contribution in [-0.4, -0.2) is 31.0 Å². The molecule has 5 nitrogen and oxygen atoms in total. The van der Waals surface area contributed by atoms with E-state index in [9.17, 15) is 9.59 Å². The Hall–Kier alpha value is -3.08. The van der Waals surface area contributed by atoms with Crippen molar-refractivity contribution in [2.45, 2.75) is 12.3 Å². The molecule has 25 heavy (non-hydrogen) atoms. The topological polar surface area (TPSA) is 68.4 Å². The van der Waals surface area contributed by atoms with Crippen molar-refractivity contribution in [1.29, 1.82) is 0 Å². The van der Waals surface area contributed by atoms with Crippen LogP contribution in [0.2, 0.25) is 0 Å². The highest BCUT2D eigenvalue weighted by Gasteiger charge is 2.26. The number of fused-ring (bicyclic) bond motifs is 1. The molecule has 0 bridgehead atoms. The molecule has 5 heteroatoms. The minimum atomic E-state index is -0.826. The number of aromatic nitrogens is 1. The van der Waals surface area contributed by atoms with Crippen LogP contribution < -0.4 is 4.74 Å². The molecule has 3 rings (SSSR count). The summed E-state index contributed by atoms with van der Waals surface area (Å²) in [7, 11) is 2.83. The van der Waals surface area contributed by atoms with Gasteiger partial charge in [0.05, 0.1) is 14.2 Å². The first-order valence-electron chi connectivity index (χ1n) is 7.95. The Balaban J connectivity index is 2.12. The maximum Gasteiger partial charge on any atom is 0.374 e. The zero-order valence-corrected chi connectivity index (χ0v) is 14.1. The molecule has 1 atom stereocenters. The smallest absolute Gasteiger partial charge is 0.374 e. The van der Waals surface area contributed by atoms with Gasteiger partial charge in [-0.3, -0.25) is 4.79 Å². The summed E-state index contributed by atoms with van der Waals surface area (Å²) >= 11 is 0. The summed E-state index contributed by atoms with van der Waals surface area (Å²) in [4.78, 5) is 27.1. The van der Waals surface area contributed by atoms with Crippen molar-refractivity contribution in [2.75, 3.05) is 14.2 Å². The predicted molar refractivity (Wildman–Crippen MR) is 94.8 cm³/mol. The standard InChI is InChI=1S/C20H19NO4/c1-24-18-10-6-9-16-19(18)15(12-21-16)14(11-17(22)20(23)25-2)13-7-4-3-5-8-13/h3-10,12,14,21H,11H2,1-2H3. The number of carbonyl (C=O) groups excluding carboxylic acids is 2. The number of ketones is 1. The van der Waals surface area contributed by atoms with Crippen LogP contribution in [0.4, 0.5) is 0 Å². The number of carbonyl (C=O) groups is 2. The van der Waals surface area contributed by atoms with Crippen LogP contribution in [0.25, 0.3) is 10.9 Å². The van der Waals surface area contributed by atoms with Gasteiger partial charge in [0.2, 0.25) is 5.78 Å². The summed E-state index contributed by atoms with van der Waals surface area (Å²) < 4.78 is 10.1. The maximum absolute atomic E-state index is 12.2. The molecular formula is C20H19NO4. The minimum Gasteiger partial charge on any atom is -0.496 e. The van der Waals surface area contributed by atoms with Crippen molar-refractivity contribution in [3.63, 3.8) is 0 Å². The van der Waals surface area contributed by atoms with Gasteiger partial charge >= 0.3 is 5.97 Å².